The minimum absolute atomic E-state index is 0.0438. The van der Waals surface area contributed by atoms with Crippen LogP contribution < -0.4 is 5.73 Å². The average molecular weight is 960 g/mol. The van der Waals surface area contributed by atoms with E-state index in [4.69, 9.17) is 24.3 Å². The van der Waals surface area contributed by atoms with Crippen molar-refractivity contribution in [1.82, 2.24) is 0 Å². The second-order valence-corrected chi connectivity index (χ2v) is 19.5. The lowest BCUT2D eigenvalue weighted by Crippen LogP contribution is -2.29. The largest absolute Gasteiger partial charge is 0.472 e. The summed E-state index contributed by atoms with van der Waals surface area (Å²) >= 11 is 0. The van der Waals surface area contributed by atoms with Gasteiger partial charge in [0, 0.05) is 19.4 Å². The van der Waals surface area contributed by atoms with Crippen LogP contribution in [-0.2, 0) is 32.7 Å². The summed E-state index contributed by atoms with van der Waals surface area (Å²) in [4.78, 5) is 35.1. The van der Waals surface area contributed by atoms with Gasteiger partial charge in [-0.25, -0.2) is 4.57 Å². The lowest BCUT2D eigenvalue weighted by molar-refractivity contribution is -0.161. The lowest BCUT2D eigenvalue weighted by atomic mass is 10.0. The summed E-state index contributed by atoms with van der Waals surface area (Å²) in [6.07, 6.45) is 66.7. The predicted molar refractivity (Wildman–Crippen MR) is 284 cm³/mol. The summed E-state index contributed by atoms with van der Waals surface area (Å²) in [5, 5.41) is 0. The van der Waals surface area contributed by atoms with Crippen molar-refractivity contribution in [3.8, 4) is 0 Å². The Morgan fingerprint density at radius 1 is 0.463 bits per heavy atom. The molecule has 0 radical (unpaired) electrons. The van der Waals surface area contributed by atoms with Gasteiger partial charge in [0.15, 0.2) is 6.10 Å². The third kappa shape index (κ3) is 52.7. The number of rotatable bonds is 51. The number of carbonyl (C=O) groups excluding carboxylic acids is 2. The highest BCUT2D eigenvalue weighted by atomic mass is 31.2. The van der Waals surface area contributed by atoms with Gasteiger partial charge in [0.2, 0.25) is 0 Å². The second kappa shape index (κ2) is 52.8. The fourth-order valence-corrected chi connectivity index (χ4v) is 8.35. The van der Waals surface area contributed by atoms with Gasteiger partial charge in [-0.3, -0.25) is 18.6 Å². The van der Waals surface area contributed by atoms with E-state index in [0.29, 0.717) is 6.42 Å². The maximum Gasteiger partial charge on any atom is 0.472 e. The molecule has 0 bridgehead atoms. The van der Waals surface area contributed by atoms with Crippen LogP contribution in [0.3, 0.4) is 0 Å². The number of esters is 2. The third-order valence-electron chi connectivity index (χ3n) is 11.6. The molecule has 0 aromatic rings. The van der Waals surface area contributed by atoms with Crippen LogP contribution in [-0.4, -0.2) is 49.3 Å². The summed E-state index contributed by atoms with van der Waals surface area (Å²) in [6.45, 7) is 3.60. The molecule has 0 fully saturated rings. The van der Waals surface area contributed by atoms with Crippen LogP contribution in [0.1, 0.15) is 245 Å². The van der Waals surface area contributed by atoms with Crippen molar-refractivity contribution in [2.75, 3.05) is 26.4 Å². The van der Waals surface area contributed by atoms with E-state index in [1.54, 1.807) is 0 Å². The Balaban J connectivity index is 4.05. The van der Waals surface area contributed by atoms with E-state index in [-0.39, 0.29) is 32.6 Å². The first-order valence-electron chi connectivity index (χ1n) is 27.4. The van der Waals surface area contributed by atoms with Crippen molar-refractivity contribution in [2.45, 2.75) is 251 Å². The van der Waals surface area contributed by atoms with Gasteiger partial charge in [0.1, 0.15) is 6.61 Å². The topological polar surface area (TPSA) is 134 Å². The minimum Gasteiger partial charge on any atom is -0.462 e. The van der Waals surface area contributed by atoms with Crippen molar-refractivity contribution in [3.63, 3.8) is 0 Å². The molecule has 0 heterocycles. The minimum atomic E-state index is -4.40. The molecule has 2 atom stereocenters. The lowest BCUT2D eigenvalue weighted by Gasteiger charge is -2.19. The molecule has 0 amide bonds. The van der Waals surface area contributed by atoms with Crippen LogP contribution in [0, 0.1) is 0 Å². The monoisotopic (exact) mass is 960 g/mol. The number of unbranched alkanes of at least 4 members (excludes halogenated alkanes) is 26. The van der Waals surface area contributed by atoms with Crippen LogP contribution in [0.15, 0.2) is 72.9 Å². The number of carbonyl (C=O) groups is 2. The van der Waals surface area contributed by atoms with Crippen molar-refractivity contribution >= 4 is 19.8 Å². The fourth-order valence-electron chi connectivity index (χ4n) is 7.58. The summed E-state index contributed by atoms with van der Waals surface area (Å²) in [5.41, 5.74) is 5.37. The van der Waals surface area contributed by atoms with Gasteiger partial charge >= 0.3 is 19.8 Å². The molecular formula is C57H102NO8P. The molecule has 2 unspecified atom stereocenters. The quantitative estimate of drug-likeness (QED) is 0.0264. The van der Waals surface area contributed by atoms with E-state index in [2.05, 4.69) is 86.8 Å². The summed E-state index contributed by atoms with van der Waals surface area (Å²) in [6, 6.07) is 0. The Morgan fingerprint density at radius 3 is 1.22 bits per heavy atom. The van der Waals surface area contributed by atoms with Crippen LogP contribution in [0.4, 0.5) is 0 Å². The highest BCUT2D eigenvalue weighted by Crippen LogP contribution is 2.43. The van der Waals surface area contributed by atoms with E-state index in [0.717, 1.165) is 70.6 Å². The molecule has 3 N–H and O–H groups in total. The molecule has 0 spiro atoms. The van der Waals surface area contributed by atoms with E-state index in [9.17, 15) is 19.0 Å². The standard InChI is InChI=1S/C57H102NO8P/c1-3-5-7-9-11-13-15-17-19-21-23-25-26-27-28-30-31-33-35-37-39-41-43-45-47-49-56(59)63-53-55(54-65-67(61,62)64-52-51-58)66-57(60)50-48-46-44-42-40-38-36-34-32-29-24-22-20-18-16-14-12-10-8-6-4-2/h6,8,12,14,18,20,24,29,34,36,40,42,55H,3-5,7,9-11,13,15-17,19,21-23,25-28,30-33,35,37-39,41,43-54,58H2,1-2H3,(H,61,62)/b8-6-,14-12-,20-18-,29-24-,36-34-,42-40-. The molecule has 0 saturated heterocycles. The Morgan fingerprint density at radius 2 is 0.821 bits per heavy atom. The molecule has 388 valence electrons. The molecule has 0 aromatic carbocycles. The number of phosphoric ester groups is 1. The first-order chi connectivity index (χ1) is 32.8. The highest BCUT2D eigenvalue weighted by molar-refractivity contribution is 7.47. The highest BCUT2D eigenvalue weighted by Gasteiger charge is 2.26. The first-order valence-corrected chi connectivity index (χ1v) is 28.9. The third-order valence-corrected chi connectivity index (χ3v) is 12.6. The molecule has 0 aliphatic heterocycles. The van der Waals surface area contributed by atoms with Gasteiger partial charge in [0.25, 0.3) is 0 Å². The van der Waals surface area contributed by atoms with Crippen LogP contribution >= 0.6 is 7.82 Å². The van der Waals surface area contributed by atoms with E-state index in [1.807, 2.05) is 0 Å². The Hall–Kier alpha value is -2.55. The first kappa shape index (κ1) is 64.5. The molecule has 0 rings (SSSR count). The van der Waals surface area contributed by atoms with Gasteiger partial charge in [-0.1, -0.05) is 241 Å². The average Bonchev–Trinajstić information content (AvgIpc) is 3.32. The normalized spacial score (nSPS) is 13.7. The zero-order chi connectivity index (χ0) is 48.8. The molecule has 0 aliphatic carbocycles. The number of hydrogen-bond acceptors (Lipinski definition) is 8. The van der Waals surface area contributed by atoms with Crippen molar-refractivity contribution in [3.05, 3.63) is 72.9 Å². The number of nitrogens with two attached hydrogens (primary N) is 1. The summed E-state index contributed by atoms with van der Waals surface area (Å²) < 4.78 is 32.9. The van der Waals surface area contributed by atoms with E-state index >= 15 is 0 Å². The number of ether oxygens (including phenoxy) is 2. The fraction of sp³-hybridized carbons (Fsp3) is 0.754. The Labute approximate surface area is 411 Å². The molecule has 9 nitrogen and oxygen atoms in total. The SMILES string of the molecule is CC/C=C\C/C=C\C/C=C\C/C=C\C/C=C\C/C=C\CCCCC(=O)OC(COC(=O)CCCCCCCCCCCCCCCCCCCCCCCCCCC)COP(=O)(O)OCCN. The summed E-state index contributed by atoms with van der Waals surface area (Å²) in [7, 11) is -4.40. The molecular weight excluding hydrogens is 858 g/mol. The zero-order valence-corrected chi connectivity index (χ0v) is 44.0. The second-order valence-electron chi connectivity index (χ2n) is 18.1. The van der Waals surface area contributed by atoms with Gasteiger partial charge in [-0.05, 0) is 64.2 Å². The van der Waals surface area contributed by atoms with Gasteiger partial charge in [-0.2, -0.15) is 0 Å². The molecule has 0 aliphatic rings. The van der Waals surface area contributed by atoms with Crippen molar-refractivity contribution < 1.29 is 37.6 Å². The molecule has 0 saturated carbocycles. The van der Waals surface area contributed by atoms with E-state index in [1.165, 1.54) is 141 Å². The zero-order valence-electron chi connectivity index (χ0n) is 43.1. The number of allylic oxidation sites excluding steroid dienone is 12. The maximum absolute atomic E-state index is 12.7. The number of phosphoric acid groups is 1. The van der Waals surface area contributed by atoms with Crippen LogP contribution in [0.2, 0.25) is 0 Å². The van der Waals surface area contributed by atoms with E-state index < -0.39 is 32.5 Å². The molecule has 0 aromatic heterocycles. The smallest absolute Gasteiger partial charge is 0.462 e. The van der Waals surface area contributed by atoms with Gasteiger partial charge in [-0.15, -0.1) is 0 Å². The van der Waals surface area contributed by atoms with Crippen molar-refractivity contribution in [2.24, 2.45) is 5.73 Å². The van der Waals surface area contributed by atoms with Crippen LogP contribution in [0.25, 0.3) is 0 Å². The van der Waals surface area contributed by atoms with Gasteiger partial charge < -0.3 is 20.1 Å². The number of hydrogen-bond donors (Lipinski definition) is 2. The summed E-state index contributed by atoms with van der Waals surface area (Å²) in [5.74, 6) is -0.874. The molecule has 10 heteroatoms. The van der Waals surface area contributed by atoms with Crippen molar-refractivity contribution in [1.29, 1.82) is 0 Å². The Bertz CT molecular complexity index is 1320. The predicted octanol–water partition coefficient (Wildman–Crippen LogP) is 17.0. The van der Waals surface area contributed by atoms with Crippen LogP contribution in [0.5, 0.6) is 0 Å². The Kier molecular flexibility index (Phi) is 50.8. The molecule has 67 heavy (non-hydrogen) atoms. The maximum atomic E-state index is 12.7. The van der Waals surface area contributed by atoms with Gasteiger partial charge in [0.05, 0.1) is 13.2 Å².